The predicted octanol–water partition coefficient (Wildman–Crippen LogP) is -0.257. The van der Waals surface area contributed by atoms with Gasteiger partial charge in [-0.25, -0.2) is 0 Å². The quantitative estimate of drug-likeness (QED) is 0.442. The Morgan fingerprint density at radius 1 is 0.938 bits per heavy atom. The highest BCUT2D eigenvalue weighted by molar-refractivity contribution is 5.85. The average Bonchev–Trinajstić information content (AvgIpc) is 2.31. The topological polar surface area (TPSA) is 86.7 Å². The number of carbonyl (C=O) groups excluding carboxylic acids is 4. The number of carbonyl (C=O) groups is 4. The summed E-state index contributed by atoms with van der Waals surface area (Å²) < 4.78 is 8.93. The Morgan fingerprint density at radius 3 is 1.44 bits per heavy atom. The first-order chi connectivity index (χ1) is 7.62. The smallest absolute Gasteiger partial charge is 0.309 e. The lowest BCUT2D eigenvalue weighted by molar-refractivity contribution is -0.158. The zero-order valence-electron chi connectivity index (χ0n) is 9.17. The Balaban J connectivity index is 4.91. The van der Waals surface area contributed by atoms with Gasteiger partial charge in [0.15, 0.2) is 0 Å². The van der Waals surface area contributed by atoms with Crippen molar-refractivity contribution >= 4 is 24.5 Å². The van der Waals surface area contributed by atoms with E-state index in [0.29, 0.717) is 12.6 Å². The van der Waals surface area contributed by atoms with Crippen molar-refractivity contribution in [1.82, 2.24) is 0 Å². The minimum Gasteiger partial charge on any atom is -0.469 e. The molecular formula is C10H14O6. The number of ether oxygens (including phenoxy) is 2. The van der Waals surface area contributed by atoms with E-state index in [4.69, 9.17) is 0 Å². The minimum absolute atomic E-state index is 0.180. The van der Waals surface area contributed by atoms with Gasteiger partial charge in [-0.3, -0.25) is 9.59 Å². The van der Waals surface area contributed by atoms with Crippen molar-refractivity contribution in [2.75, 3.05) is 14.2 Å². The lowest BCUT2D eigenvalue weighted by Gasteiger charge is -2.19. The average molecular weight is 230 g/mol. The van der Waals surface area contributed by atoms with E-state index in [1.54, 1.807) is 0 Å². The molecule has 0 rings (SSSR count). The highest BCUT2D eigenvalue weighted by atomic mass is 16.5. The third kappa shape index (κ3) is 3.80. The van der Waals surface area contributed by atoms with Crippen LogP contribution in [0.25, 0.3) is 0 Å². The van der Waals surface area contributed by atoms with Gasteiger partial charge < -0.3 is 19.1 Å². The molecule has 90 valence electrons. The zero-order chi connectivity index (χ0) is 12.6. The fourth-order valence-corrected chi connectivity index (χ4v) is 1.36. The fraction of sp³-hybridized carbons (Fsp3) is 0.600. The van der Waals surface area contributed by atoms with Crippen molar-refractivity contribution in [3.63, 3.8) is 0 Å². The summed E-state index contributed by atoms with van der Waals surface area (Å²) in [5.41, 5.74) is 0. The van der Waals surface area contributed by atoms with E-state index in [-0.39, 0.29) is 12.8 Å². The number of hydrogen-bond donors (Lipinski definition) is 0. The Labute approximate surface area is 92.9 Å². The molecule has 16 heavy (non-hydrogen) atoms. The summed E-state index contributed by atoms with van der Waals surface area (Å²) in [4.78, 5) is 43.5. The molecule has 0 aliphatic carbocycles. The maximum absolute atomic E-state index is 11.3. The summed E-state index contributed by atoms with van der Waals surface area (Å²) in [6.45, 7) is 0. The molecular weight excluding hydrogens is 216 g/mol. The van der Waals surface area contributed by atoms with Crippen LogP contribution in [0.1, 0.15) is 12.8 Å². The number of rotatable bonds is 7. The molecule has 0 aliphatic rings. The van der Waals surface area contributed by atoms with Gasteiger partial charge in [-0.15, -0.1) is 0 Å². The maximum atomic E-state index is 11.3. The second-order valence-electron chi connectivity index (χ2n) is 3.06. The standard InChI is InChI=1S/C10H14O6/c1-15-9(13)7(3-5-11)8(4-6-12)10(14)16-2/h5-8H,3-4H2,1-2H3/t7-,8+. The molecule has 0 N–H and O–H groups in total. The number of aldehydes is 2. The predicted molar refractivity (Wildman–Crippen MR) is 52.4 cm³/mol. The first kappa shape index (κ1) is 14.3. The Morgan fingerprint density at radius 2 is 1.25 bits per heavy atom. The second kappa shape index (κ2) is 7.56. The zero-order valence-corrected chi connectivity index (χ0v) is 9.17. The largest absolute Gasteiger partial charge is 0.469 e. The first-order valence-electron chi connectivity index (χ1n) is 4.65. The molecule has 0 aromatic rings. The summed E-state index contributed by atoms with van der Waals surface area (Å²) in [5, 5.41) is 0. The van der Waals surface area contributed by atoms with Crippen LogP contribution in [0.3, 0.4) is 0 Å². The van der Waals surface area contributed by atoms with E-state index in [9.17, 15) is 19.2 Å². The molecule has 0 saturated carbocycles. The van der Waals surface area contributed by atoms with Gasteiger partial charge >= 0.3 is 11.9 Å². The summed E-state index contributed by atoms with van der Waals surface area (Å²) in [6, 6.07) is 0. The van der Waals surface area contributed by atoms with Crippen LogP contribution in [-0.2, 0) is 28.7 Å². The van der Waals surface area contributed by atoms with Crippen LogP contribution in [0, 0.1) is 11.8 Å². The maximum Gasteiger partial charge on any atom is 0.309 e. The van der Waals surface area contributed by atoms with E-state index in [0.717, 1.165) is 14.2 Å². The van der Waals surface area contributed by atoms with Crippen molar-refractivity contribution in [1.29, 1.82) is 0 Å². The molecule has 0 amide bonds. The van der Waals surface area contributed by atoms with E-state index in [2.05, 4.69) is 9.47 Å². The van der Waals surface area contributed by atoms with Crippen molar-refractivity contribution in [2.45, 2.75) is 12.8 Å². The molecule has 0 radical (unpaired) electrons. The lowest BCUT2D eigenvalue weighted by atomic mass is 9.87. The highest BCUT2D eigenvalue weighted by Crippen LogP contribution is 2.21. The Bertz CT molecular complexity index is 244. The van der Waals surface area contributed by atoms with Gasteiger partial charge in [0.1, 0.15) is 12.6 Å². The highest BCUT2D eigenvalue weighted by Gasteiger charge is 2.34. The van der Waals surface area contributed by atoms with E-state index in [1.807, 2.05) is 0 Å². The molecule has 0 spiro atoms. The minimum atomic E-state index is -0.972. The SMILES string of the molecule is COC(=O)[C@@H](CC=O)[C@@H](CC=O)C(=O)OC. The van der Waals surface area contributed by atoms with Crippen molar-refractivity contribution in [2.24, 2.45) is 11.8 Å². The number of esters is 2. The van der Waals surface area contributed by atoms with Crippen LogP contribution in [0.15, 0.2) is 0 Å². The Hall–Kier alpha value is -1.72. The monoisotopic (exact) mass is 230 g/mol. The number of hydrogen-bond acceptors (Lipinski definition) is 6. The molecule has 0 unspecified atom stereocenters. The summed E-state index contributed by atoms with van der Waals surface area (Å²) in [5.74, 6) is -3.35. The van der Waals surface area contributed by atoms with Crippen LogP contribution in [0.4, 0.5) is 0 Å². The van der Waals surface area contributed by atoms with Crippen LogP contribution < -0.4 is 0 Å². The second-order valence-corrected chi connectivity index (χ2v) is 3.06. The normalized spacial score (nSPS) is 13.4. The van der Waals surface area contributed by atoms with E-state index in [1.165, 1.54) is 0 Å². The molecule has 0 aromatic heterocycles. The van der Waals surface area contributed by atoms with Crippen molar-refractivity contribution in [3.8, 4) is 0 Å². The van der Waals surface area contributed by atoms with Crippen LogP contribution in [0.5, 0.6) is 0 Å². The van der Waals surface area contributed by atoms with Gasteiger partial charge in [-0.05, 0) is 0 Å². The molecule has 0 heterocycles. The molecule has 6 heteroatoms. The Kier molecular flexibility index (Phi) is 6.74. The van der Waals surface area contributed by atoms with Gasteiger partial charge in [0, 0.05) is 12.8 Å². The van der Waals surface area contributed by atoms with E-state index < -0.39 is 23.8 Å². The van der Waals surface area contributed by atoms with Crippen molar-refractivity contribution in [3.05, 3.63) is 0 Å². The molecule has 0 fully saturated rings. The summed E-state index contributed by atoms with van der Waals surface area (Å²) in [7, 11) is 2.30. The van der Waals surface area contributed by atoms with Gasteiger partial charge in [0.2, 0.25) is 0 Å². The van der Waals surface area contributed by atoms with Crippen molar-refractivity contribution < 1.29 is 28.7 Å². The molecule has 2 atom stereocenters. The third-order valence-corrected chi connectivity index (χ3v) is 2.19. The molecule has 0 saturated heterocycles. The summed E-state index contributed by atoms with van der Waals surface area (Å²) in [6.07, 6.45) is 0.644. The molecule has 0 aliphatic heterocycles. The molecule has 6 nitrogen and oxygen atoms in total. The fourth-order valence-electron chi connectivity index (χ4n) is 1.36. The van der Waals surface area contributed by atoms with Gasteiger partial charge in [-0.1, -0.05) is 0 Å². The first-order valence-corrected chi connectivity index (χ1v) is 4.65. The van der Waals surface area contributed by atoms with E-state index >= 15 is 0 Å². The summed E-state index contributed by atoms with van der Waals surface area (Å²) >= 11 is 0. The van der Waals surface area contributed by atoms with Crippen LogP contribution in [0.2, 0.25) is 0 Å². The van der Waals surface area contributed by atoms with Crippen LogP contribution >= 0.6 is 0 Å². The van der Waals surface area contributed by atoms with Gasteiger partial charge in [0.05, 0.1) is 26.1 Å². The lowest BCUT2D eigenvalue weighted by Crippen LogP contribution is -2.32. The molecule has 0 aromatic carbocycles. The van der Waals surface area contributed by atoms with Gasteiger partial charge in [-0.2, -0.15) is 0 Å². The van der Waals surface area contributed by atoms with Crippen LogP contribution in [-0.4, -0.2) is 38.7 Å². The molecule has 0 bridgehead atoms. The van der Waals surface area contributed by atoms with Gasteiger partial charge in [0.25, 0.3) is 0 Å². The third-order valence-electron chi connectivity index (χ3n) is 2.19. The number of methoxy groups -OCH3 is 2.